The van der Waals surface area contributed by atoms with Crippen molar-refractivity contribution >= 4 is 41.0 Å². The molecule has 2 aromatic carbocycles. The van der Waals surface area contributed by atoms with Crippen molar-refractivity contribution in [3.63, 3.8) is 0 Å². The van der Waals surface area contributed by atoms with Gasteiger partial charge in [-0.25, -0.2) is 4.79 Å². The van der Waals surface area contributed by atoms with Gasteiger partial charge in [-0.1, -0.05) is 66.5 Å². The summed E-state index contributed by atoms with van der Waals surface area (Å²) in [6.07, 6.45) is 0.350. The molecule has 0 spiro atoms. The van der Waals surface area contributed by atoms with Crippen LogP contribution in [0.4, 0.5) is 4.79 Å². The van der Waals surface area contributed by atoms with E-state index in [-0.39, 0.29) is 6.54 Å². The number of hydrazine groups is 1. The maximum absolute atomic E-state index is 13.0. The summed E-state index contributed by atoms with van der Waals surface area (Å²) in [5.74, 6) is -1.01. The van der Waals surface area contributed by atoms with Crippen molar-refractivity contribution < 1.29 is 14.4 Å². The van der Waals surface area contributed by atoms with Gasteiger partial charge in [0.15, 0.2) is 0 Å². The topological polar surface area (TPSA) is 81.8 Å². The van der Waals surface area contributed by atoms with Gasteiger partial charge < -0.3 is 5.32 Å². The molecule has 0 bridgehead atoms. The first-order valence-corrected chi connectivity index (χ1v) is 10.2. The zero-order chi connectivity index (χ0) is 21.9. The number of hydrogen-bond acceptors (Lipinski definition) is 4. The SMILES string of the molecule is CCC1(c2ccccc2)NC(=O)N(NC(=O)CN(C)Cc2ccc(Cl)cc2Cl)C1=O. The van der Waals surface area contributed by atoms with E-state index in [4.69, 9.17) is 23.2 Å². The smallest absolute Gasteiger partial charge is 0.318 e. The molecule has 0 radical (unpaired) electrons. The molecule has 1 aliphatic heterocycles. The third kappa shape index (κ3) is 4.43. The maximum Gasteiger partial charge on any atom is 0.344 e. The Kier molecular flexibility index (Phi) is 6.65. The highest BCUT2D eigenvalue weighted by Gasteiger charge is 2.52. The van der Waals surface area contributed by atoms with E-state index in [1.807, 2.05) is 6.07 Å². The molecule has 2 aromatic rings. The molecule has 9 heteroatoms. The van der Waals surface area contributed by atoms with Crippen molar-refractivity contribution in [1.29, 1.82) is 0 Å². The molecule has 0 aromatic heterocycles. The number of rotatable bonds is 7. The van der Waals surface area contributed by atoms with Crippen molar-refractivity contribution in [2.24, 2.45) is 0 Å². The second-order valence-corrected chi connectivity index (χ2v) is 7.98. The van der Waals surface area contributed by atoms with Gasteiger partial charge >= 0.3 is 6.03 Å². The number of carbonyl (C=O) groups is 3. The molecule has 1 heterocycles. The Morgan fingerprint density at radius 2 is 1.87 bits per heavy atom. The fraction of sp³-hybridized carbons (Fsp3) is 0.286. The summed E-state index contributed by atoms with van der Waals surface area (Å²) in [7, 11) is 1.73. The molecule has 7 nitrogen and oxygen atoms in total. The van der Waals surface area contributed by atoms with E-state index in [0.717, 1.165) is 10.6 Å². The zero-order valence-electron chi connectivity index (χ0n) is 16.6. The van der Waals surface area contributed by atoms with Gasteiger partial charge in [0.05, 0.1) is 6.54 Å². The Bertz CT molecular complexity index is 970. The number of nitrogens with one attached hydrogen (secondary N) is 2. The molecule has 1 fully saturated rings. The third-order valence-corrected chi connectivity index (χ3v) is 5.58. The lowest BCUT2D eigenvalue weighted by Crippen LogP contribution is -2.50. The van der Waals surface area contributed by atoms with Crippen LogP contribution < -0.4 is 10.7 Å². The molecule has 4 amide bonds. The quantitative estimate of drug-likeness (QED) is 0.636. The predicted molar refractivity (Wildman–Crippen MR) is 115 cm³/mol. The van der Waals surface area contributed by atoms with Gasteiger partial charge in [0, 0.05) is 16.6 Å². The summed E-state index contributed by atoms with van der Waals surface area (Å²) in [5, 5.41) is 4.50. The van der Waals surface area contributed by atoms with Gasteiger partial charge in [0.2, 0.25) is 0 Å². The van der Waals surface area contributed by atoms with Gasteiger partial charge in [0.1, 0.15) is 5.54 Å². The molecule has 1 saturated heterocycles. The highest BCUT2D eigenvalue weighted by molar-refractivity contribution is 6.35. The summed E-state index contributed by atoms with van der Waals surface area (Å²) in [6, 6.07) is 13.4. The maximum atomic E-state index is 13.0. The Morgan fingerprint density at radius 3 is 2.50 bits per heavy atom. The Hall–Kier alpha value is -2.61. The van der Waals surface area contributed by atoms with E-state index in [9.17, 15) is 14.4 Å². The van der Waals surface area contributed by atoms with Gasteiger partial charge in [0.25, 0.3) is 11.8 Å². The molecule has 30 heavy (non-hydrogen) atoms. The standard InChI is InChI=1S/C21H22Cl2N4O3/c1-3-21(15-7-5-4-6-8-15)19(29)27(20(30)24-21)25-18(28)13-26(2)12-14-9-10-16(22)11-17(14)23/h4-11H,3,12-13H2,1-2H3,(H,24,30)(H,25,28). The zero-order valence-corrected chi connectivity index (χ0v) is 18.1. The summed E-state index contributed by atoms with van der Waals surface area (Å²) < 4.78 is 0. The lowest BCUT2D eigenvalue weighted by molar-refractivity contribution is -0.139. The first-order valence-electron chi connectivity index (χ1n) is 9.41. The highest BCUT2D eigenvalue weighted by Crippen LogP contribution is 2.31. The molecule has 158 valence electrons. The Morgan fingerprint density at radius 1 is 1.17 bits per heavy atom. The summed E-state index contributed by atoms with van der Waals surface area (Å²) in [5.41, 5.74) is 2.68. The lowest BCUT2D eigenvalue weighted by Gasteiger charge is -2.25. The molecule has 2 N–H and O–H groups in total. The van der Waals surface area contributed by atoms with Crippen molar-refractivity contribution in [3.05, 3.63) is 69.7 Å². The number of benzene rings is 2. The van der Waals surface area contributed by atoms with E-state index in [2.05, 4.69) is 10.7 Å². The fourth-order valence-electron chi connectivity index (χ4n) is 3.44. The fourth-order valence-corrected chi connectivity index (χ4v) is 3.91. The summed E-state index contributed by atoms with van der Waals surface area (Å²) in [4.78, 5) is 39.7. The largest absolute Gasteiger partial charge is 0.344 e. The van der Waals surface area contributed by atoms with Crippen LogP contribution in [-0.4, -0.2) is 41.3 Å². The van der Waals surface area contributed by atoms with Crippen LogP contribution >= 0.6 is 23.2 Å². The minimum Gasteiger partial charge on any atom is -0.318 e. The Labute approximate surface area is 184 Å². The van der Waals surface area contributed by atoms with E-state index in [0.29, 0.717) is 28.6 Å². The first-order chi connectivity index (χ1) is 14.3. The van der Waals surface area contributed by atoms with E-state index in [1.54, 1.807) is 61.3 Å². The molecule has 1 unspecified atom stereocenters. The van der Waals surface area contributed by atoms with Crippen molar-refractivity contribution in [1.82, 2.24) is 20.7 Å². The minimum absolute atomic E-state index is 0.0412. The second-order valence-electron chi connectivity index (χ2n) is 7.14. The van der Waals surface area contributed by atoms with Crippen molar-refractivity contribution in [2.45, 2.75) is 25.4 Å². The van der Waals surface area contributed by atoms with E-state index in [1.165, 1.54) is 0 Å². The number of likely N-dealkylation sites (N-methyl/N-ethyl adjacent to an activating group) is 1. The van der Waals surface area contributed by atoms with E-state index < -0.39 is 23.4 Å². The van der Waals surface area contributed by atoms with Crippen LogP contribution in [0.3, 0.4) is 0 Å². The molecule has 1 aliphatic rings. The predicted octanol–water partition coefficient (Wildman–Crippen LogP) is 3.31. The van der Waals surface area contributed by atoms with Crippen molar-refractivity contribution in [2.75, 3.05) is 13.6 Å². The molecular formula is C21H22Cl2N4O3. The van der Waals surface area contributed by atoms with Crippen LogP contribution in [0.2, 0.25) is 10.0 Å². The van der Waals surface area contributed by atoms with Crippen LogP contribution in [0.1, 0.15) is 24.5 Å². The molecule has 0 aliphatic carbocycles. The van der Waals surface area contributed by atoms with Crippen LogP contribution in [-0.2, 0) is 21.7 Å². The normalized spacial score (nSPS) is 18.6. The summed E-state index contributed by atoms with van der Waals surface area (Å²) >= 11 is 12.1. The highest BCUT2D eigenvalue weighted by atomic mass is 35.5. The van der Waals surface area contributed by atoms with Gasteiger partial charge in [-0.3, -0.25) is 19.9 Å². The monoisotopic (exact) mass is 448 g/mol. The van der Waals surface area contributed by atoms with Crippen LogP contribution in [0, 0.1) is 0 Å². The van der Waals surface area contributed by atoms with Crippen molar-refractivity contribution in [3.8, 4) is 0 Å². The van der Waals surface area contributed by atoms with Gasteiger partial charge in [-0.2, -0.15) is 5.01 Å². The Balaban J connectivity index is 1.66. The van der Waals surface area contributed by atoms with Crippen LogP contribution in [0.25, 0.3) is 0 Å². The molecular weight excluding hydrogens is 427 g/mol. The van der Waals surface area contributed by atoms with Crippen LogP contribution in [0.5, 0.6) is 0 Å². The number of imide groups is 1. The molecule has 0 saturated carbocycles. The first kappa shape index (κ1) is 22.1. The van der Waals surface area contributed by atoms with Gasteiger partial charge in [-0.05, 0) is 36.7 Å². The number of halogens is 2. The van der Waals surface area contributed by atoms with E-state index >= 15 is 0 Å². The number of amides is 4. The minimum atomic E-state index is -1.20. The average Bonchev–Trinajstić information content (AvgIpc) is 2.96. The number of carbonyl (C=O) groups excluding carboxylic acids is 3. The van der Waals surface area contributed by atoms with Crippen LogP contribution in [0.15, 0.2) is 48.5 Å². The number of hydrogen-bond donors (Lipinski definition) is 2. The summed E-state index contributed by atoms with van der Waals surface area (Å²) in [6.45, 7) is 2.16. The average molecular weight is 449 g/mol. The lowest BCUT2D eigenvalue weighted by atomic mass is 9.87. The molecule has 3 rings (SSSR count). The molecule has 1 atom stereocenters. The third-order valence-electron chi connectivity index (χ3n) is 4.99. The van der Waals surface area contributed by atoms with Gasteiger partial charge in [-0.15, -0.1) is 0 Å². The number of nitrogens with zero attached hydrogens (tertiary/aromatic N) is 2. The number of urea groups is 1. The second kappa shape index (κ2) is 9.04.